The summed E-state index contributed by atoms with van der Waals surface area (Å²) in [6.07, 6.45) is 3.65. The van der Waals surface area contributed by atoms with Gasteiger partial charge in [-0.25, -0.2) is 13.8 Å². The van der Waals surface area contributed by atoms with Gasteiger partial charge in [0, 0.05) is 18.0 Å². The molecule has 1 aliphatic rings. The largest absolute Gasteiger partial charge is 0.273 e. The van der Waals surface area contributed by atoms with Gasteiger partial charge >= 0.3 is 0 Å². The van der Waals surface area contributed by atoms with Crippen molar-refractivity contribution in [3.63, 3.8) is 0 Å². The van der Waals surface area contributed by atoms with Gasteiger partial charge in [0.25, 0.3) is 0 Å². The Morgan fingerprint density at radius 2 is 2.11 bits per heavy atom. The number of nitrogens with zero attached hydrogens (tertiary/aromatic N) is 2. The van der Waals surface area contributed by atoms with E-state index < -0.39 is 15.8 Å². The third-order valence-electron chi connectivity index (χ3n) is 3.04. The number of pyridine rings is 1. The third-order valence-corrected chi connectivity index (χ3v) is 4.80. The van der Waals surface area contributed by atoms with Crippen molar-refractivity contribution < 1.29 is 13.2 Å². The summed E-state index contributed by atoms with van der Waals surface area (Å²) in [4.78, 5) is 15.7. The Labute approximate surface area is 111 Å². The molecule has 1 amide bonds. The monoisotopic (exact) mass is 281 g/mol. The first-order valence-corrected chi connectivity index (χ1v) is 7.75. The van der Waals surface area contributed by atoms with Crippen molar-refractivity contribution in [1.29, 1.82) is 0 Å². The zero-order valence-corrected chi connectivity index (χ0v) is 11.4. The average molecular weight is 281 g/mol. The molecule has 1 fully saturated rings. The lowest BCUT2D eigenvalue weighted by molar-refractivity contribution is -0.124. The van der Waals surface area contributed by atoms with Gasteiger partial charge in [-0.15, -0.1) is 0 Å². The number of hydrogen-bond acceptors (Lipinski definition) is 5. The van der Waals surface area contributed by atoms with Crippen molar-refractivity contribution in [3.8, 4) is 0 Å². The number of sulfone groups is 1. The number of carbonyl (C=O) groups is 1. The fraction of sp³-hybridized carbons (Fsp3) is 0.417. The highest BCUT2D eigenvalue weighted by Gasteiger charge is 2.32. The maximum Gasteiger partial charge on any atom is 0.244 e. The molecule has 0 aliphatic carbocycles. The van der Waals surface area contributed by atoms with Crippen LogP contribution >= 0.6 is 0 Å². The molecule has 0 radical (unpaired) electrons. The Kier molecular flexibility index (Phi) is 3.94. The number of rotatable bonds is 3. The summed E-state index contributed by atoms with van der Waals surface area (Å²) >= 11 is 0. The number of nitrogens with one attached hydrogen (secondary N) is 1. The molecule has 1 aromatic rings. The van der Waals surface area contributed by atoms with Gasteiger partial charge in [0.05, 0.1) is 23.1 Å². The third kappa shape index (κ3) is 3.60. The maximum absolute atomic E-state index is 11.8. The summed E-state index contributed by atoms with van der Waals surface area (Å²) in [5.41, 5.74) is 3.93. The van der Waals surface area contributed by atoms with Gasteiger partial charge in [0.1, 0.15) is 0 Å². The first-order valence-electron chi connectivity index (χ1n) is 5.93. The van der Waals surface area contributed by atoms with E-state index in [1.54, 1.807) is 31.5 Å². The smallest absolute Gasteiger partial charge is 0.244 e. The highest BCUT2D eigenvalue weighted by Crippen LogP contribution is 2.18. The lowest BCUT2D eigenvalue weighted by atomic mass is 10.1. The molecule has 6 nitrogen and oxygen atoms in total. The molecular weight excluding hydrogens is 266 g/mol. The Balaban J connectivity index is 1.97. The van der Waals surface area contributed by atoms with Crippen LogP contribution in [0.5, 0.6) is 0 Å². The molecule has 7 heteroatoms. The van der Waals surface area contributed by atoms with Crippen molar-refractivity contribution >= 4 is 21.5 Å². The Hall–Kier alpha value is -1.76. The van der Waals surface area contributed by atoms with E-state index in [1.165, 1.54) is 0 Å². The molecule has 0 bridgehead atoms. The molecule has 2 rings (SSSR count). The first-order chi connectivity index (χ1) is 8.98. The zero-order chi connectivity index (χ0) is 13.9. The van der Waals surface area contributed by atoms with E-state index in [9.17, 15) is 13.2 Å². The van der Waals surface area contributed by atoms with Crippen molar-refractivity contribution in [2.75, 3.05) is 11.5 Å². The number of hydrazone groups is 1. The lowest BCUT2D eigenvalue weighted by Gasteiger charge is -2.06. The van der Waals surface area contributed by atoms with Crippen LogP contribution in [0.1, 0.15) is 18.9 Å². The highest BCUT2D eigenvalue weighted by molar-refractivity contribution is 7.91. The Morgan fingerprint density at radius 1 is 1.42 bits per heavy atom. The average Bonchev–Trinajstić information content (AvgIpc) is 2.77. The standard InChI is InChI=1S/C12H15N3O3S/c1-9(10-2-5-13-6-3-10)14-15-12(16)11-4-7-19(17,18)8-11/h2-3,5-6,11H,4,7-8H2,1H3,(H,15,16)/b14-9-/t11-/m1/s1. The molecule has 0 saturated carbocycles. The molecule has 0 spiro atoms. The van der Waals surface area contributed by atoms with Crippen LogP contribution in [0, 0.1) is 5.92 Å². The van der Waals surface area contributed by atoms with E-state index in [-0.39, 0.29) is 17.4 Å². The molecule has 2 heterocycles. The number of hydrogen-bond donors (Lipinski definition) is 1. The lowest BCUT2D eigenvalue weighted by Crippen LogP contribution is -2.28. The minimum atomic E-state index is -3.05. The van der Waals surface area contributed by atoms with E-state index >= 15 is 0 Å². The van der Waals surface area contributed by atoms with E-state index in [2.05, 4.69) is 15.5 Å². The first kappa shape index (κ1) is 13.7. The quantitative estimate of drug-likeness (QED) is 0.640. The normalized spacial score (nSPS) is 22.2. The van der Waals surface area contributed by atoms with Crippen LogP contribution in [-0.2, 0) is 14.6 Å². The second kappa shape index (κ2) is 5.48. The second-order valence-corrected chi connectivity index (χ2v) is 6.74. The summed E-state index contributed by atoms with van der Waals surface area (Å²) in [6, 6.07) is 3.57. The van der Waals surface area contributed by atoms with Crippen LogP contribution in [-0.4, -0.2) is 36.5 Å². The maximum atomic E-state index is 11.8. The van der Waals surface area contributed by atoms with Crippen LogP contribution < -0.4 is 5.43 Å². The number of carbonyl (C=O) groups excluding carboxylic acids is 1. The second-order valence-electron chi connectivity index (χ2n) is 4.51. The summed E-state index contributed by atoms with van der Waals surface area (Å²) in [5.74, 6) is -0.825. The number of amides is 1. The number of aromatic nitrogens is 1. The highest BCUT2D eigenvalue weighted by atomic mass is 32.2. The van der Waals surface area contributed by atoms with Crippen molar-refractivity contribution in [2.24, 2.45) is 11.0 Å². The molecule has 0 aromatic carbocycles. The van der Waals surface area contributed by atoms with E-state index in [1.807, 2.05) is 0 Å². The van der Waals surface area contributed by atoms with Gasteiger partial charge in [-0.1, -0.05) is 0 Å². The minimum Gasteiger partial charge on any atom is -0.273 e. The SMILES string of the molecule is C/C(=N/NC(=O)[C@@H]1CCS(=O)(=O)C1)c1ccncc1. The van der Waals surface area contributed by atoms with E-state index in [0.29, 0.717) is 12.1 Å². The van der Waals surface area contributed by atoms with Gasteiger partial charge in [-0.3, -0.25) is 9.78 Å². The van der Waals surface area contributed by atoms with Crippen LogP contribution in [0.15, 0.2) is 29.6 Å². The van der Waals surface area contributed by atoms with Gasteiger partial charge in [-0.05, 0) is 25.5 Å². The molecule has 1 N–H and O–H groups in total. The Bertz CT molecular complexity index is 596. The molecule has 1 atom stereocenters. The fourth-order valence-electron chi connectivity index (χ4n) is 1.89. The predicted molar refractivity (Wildman–Crippen MR) is 71.4 cm³/mol. The minimum absolute atomic E-state index is 0.0807. The van der Waals surface area contributed by atoms with Gasteiger partial charge < -0.3 is 0 Å². The van der Waals surface area contributed by atoms with Crippen LogP contribution in [0.4, 0.5) is 0 Å². The molecule has 1 saturated heterocycles. The van der Waals surface area contributed by atoms with Crippen LogP contribution in [0.2, 0.25) is 0 Å². The van der Waals surface area contributed by atoms with Crippen molar-refractivity contribution in [2.45, 2.75) is 13.3 Å². The van der Waals surface area contributed by atoms with Gasteiger partial charge in [-0.2, -0.15) is 5.10 Å². The Morgan fingerprint density at radius 3 is 2.68 bits per heavy atom. The van der Waals surface area contributed by atoms with Gasteiger partial charge in [0.2, 0.25) is 5.91 Å². The molecule has 0 unspecified atom stereocenters. The topological polar surface area (TPSA) is 88.5 Å². The molecule has 1 aromatic heterocycles. The van der Waals surface area contributed by atoms with Gasteiger partial charge in [0.15, 0.2) is 9.84 Å². The predicted octanol–water partition coefficient (Wildman–Crippen LogP) is 0.357. The summed E-state index contributed by atoms with van der Waals surface area (Å²) in [7, 11) is -3.05. The molecule has 1 aliphatic heterocycles. The van der Waals surface area contributed by atoms with E-state index in [0.717, 1.165) is 5.56 Å². The molecule has 19 heavy (non-hydrogen) atoms. The fourth-order valence-corrected chi connectivity index (χ4v) is 3.63. The van der Waals surface area contributed by atoms with Crippen LogP contribution in [0.3, 0.4) is 0 Å². The van der Waals surface area contributed by atoms with E-state index in [4.69, 9.17) is 0 Å². The summed E-state index contributed by atoms with van der Waals surface area (Å²) in [6.45, 7) is 1.76. The van der Waals surface area contributed by atoms with Crippen molar-refractivity contribution in [1.82, 2.24) is 10.4 Å². The molecule has 102 valence electrons. The summed E-state index contributed by atoms with van der Waals surface area (Å²) in [5, 5.41) is 3.98. The molecular formula is C12H15N3O3S. The van der Waals surface area contributed by atoms with Crippen LogP contribution in [0.25, 0.3) is 0 Å². The zero-order valence-electron chi connectivity index (χ0n) is 10.5. The van der Waals surface area contributed by atoms with Crippen molar-refractivity contribution in [3.05, 3.63) is 30.1 Å². The summed E-state index contributed by atoms with van der Waals surface area (Å²) < 4.78 is 22.6.